The summed E-state index contributed by atoms with van der Waals surface area (Å²) in [6.07, 6.45) is 3.44. The molecule has 1 aliphatic rings. The first-order valence-corrected chi connectivity index (χ1v) is 9.49. The van der Waals surface area contributed by atoms with Gasteiger partial charge in [-0.1, -0.05) is 17.7 Å². The number of unbranched alkanes of at least 4 members (excludes halogenated alkanes) is 2. The zero-order valence-corrected chi connectivity index (χ0v) is 19.2. The summed E-state index contributed by atoms with van der Waals surface area (Å²) in [5, 5.41) is 4.29. The second-order valence-electron chi connectivity index (χ2n) is 6.43. The number of hydrogen-bond acceptors (Lipinski definition) is 3. The molecule has 7 heteroatoms. The van der Waals surface area contributed by atoms with Gasteiger partial charge in [0.2, 0.25) is 0 Å². The third-order valence-corrected chi connectivity index (χ3v) is 4.85. The summed E-state index contributed by atoms with van der Waals surface area (Å²) in [7, 11) is 3.62. The molecular weight excluding hydrogens is 463 g/mol. The largest absolute Gasteiger partial charge is 0.385 e. The van der Waals surface area contributed by atoms with E-state index in [9.17, 15) is 0 Å². The van der Waals surface area contributed by atoms with E-state index in [1.807, 2.05) is 13.1 Å². The summed E-state index contributed by atoms with van der Waals surface area (Å²) in [4.78, 5) is 9.19. The van der Waals surface area contributed by atoms with Gasteiger partial charge in [0.15, 0.2) is 5.96 Å². The minimum atomic E-state index is 0. The summed E-state index contributed by atoms with van der Waals surface area (Å²) in [5.41, 5.74) is 2.52. The first kappa shape index (κ1) is 23.3. The van der Waals surface area contributed by atoms with Gasteiger partial charge in [0, 0.05) is 64.2 Å². The molecule has 0 amide bonds. The molecule has 0 spiro atoms. The smallest absolute Gasteiger partial charge is 0.193 e. The Kier molecular flexibility index (Phi) is 11.3. The molecule has 5 nitrogen and oxygen atoms in total. The van der Waals surface area contributed by atoms with Gasteiger partial charge in [0.05, 0.1) is 0 Å². The predicted octanol–water partition coefficient (Wildman–Crippen LogP) is 3.78. The maximum absolute atomic E-state index is 6.17. The van der Waals surface area contributed by atoms with Gasteiger partial charge in [0.25, 0.3) is 0 Å². The second-order valence-corrected chi connectivity index (χ2v) is 6.87. The molecular formula is C19H32ClIN4O. The summed E-state index contributed by atoms with van der Waals surface area (Å²) >= 11 is 6.17. The van der Waals surface area contributed by atoms with E-state index in [0.29, 0.717) is 0 Å². The van der Waals surface area contributed by atoms with Crippen LogP contribution in [0.4, 0.5) is 5.69 Å². The number of nitrogens with one attached hydrogen (secondary N) is 1. The SMILES string of the molecule is CN=C(NCCCCCOC)N1CCN(c2cc(Cl)ccc2C)CC1.I. The lowest BCUT2D eigenvalue weighted by Gasteiger charge is -2.38. The normalized spacial score (nSPS) is 15.0. The molecule has 0 unspecified atom stereocenters. The number of benzene rings is 1. The van der Waals surface area contributed by atoms with Crippen molar-refractivity contribution in [2.24, 2.45) is 4.99 Å². The molecule has 1 fully saturated rings. The van der Waals surface area contributed by atoms with Gasteiger partial charge in [-0.3, -0.25) is 4.99 Å². The Labute approximate surface area is 180 Å². The number of piperazine rings is 1. The molecule has 0 aliphatic carbocycles. The van der Waals surface area contributed by atoms with Crippen molar-refractivity contribution in [1.82, 2.24) is 10.2 Å². The number of ether oxygens (including phenoxy) is 1. The third kappa shape index (κ3) is 7.12. The van der Waals surface area contributed by atoms with E-state index < -0.39 is 0 Å². The fraction of sp³-hybridized carbons (Fsp3) is 0.632. The summed E-state index contributed by atoms with van der Waals surface area (Å²) < 4.78 is 5.08. The van der Waals surface area contributed by atoms with E-state index in [4.69, 9.17) is 16.3 Å². The van der Waals surface area contributed by atoms with E-state index in [-0.39, 0.29) is 24.0 Å². The lowest BCUT2D eigenvalue weighted by Crippen LogP contribution is -2.52. The average molecular weight is 495 g/mol. The van der Waals surface area contributed by atoms with E-state index in [1.165, 1.54) is 17.7 Å². The molecule has 1 heterocycles. The number of guanidine groups is 1. The van der Waals surface area contributed by atoms with Crippen LogP contribution in [0.2, 0.25) is 5.02 Å². The van der Waals surface area contributed by atoms with Crippen molar-refractivity contribution in [3.05, 3.63) is 28.8 Å². The highest BCUT2D eigenvalue weighted by atomic mass is 127. The lowest BCUT2D eigenvalue weighted by atomic mass is 10.1. The van der Waals surface area contributed by atoms with Crippen molar-refractivity contribution < 1.29 is 4.74 Å². The first-order chi connectivity index (χ1) is 12.2. The zero-order chi connectivity index (χ0) is 18.1. The molecule has 148 valence electrons. The number of aryl methyl sites for hydroxylation is 1. The van der Waals surface area contributed by atoms with Crippen LogP contribution < -0.4 is 10.2 Å². The average Bonchev–Trinajstić information content (AvgIpc) is 2.63. The second kappa shape index (κ2) is 12.6. The standard InChI is InChI=1S/C19H31ClN4O.HI/c1-16-7-8-17(20)15-18(16)23-10-12-24(13-11-23)19(21-2)22-9-5-4-6-14-25-3;/h7-8,15H,4-6,9-14H2,1-3H3,(H,21,22);1H. The highest BCUT2D eigenvalue weighted by Gasteiger charge is 2.20. The van der Waals surface area contributed by atoms with Crippen molar-refractivity contribution in [3.8, 4) is 0 Å². The molecule has 2 rings (SSSR count). The van der Waals surface area contributed by atoms with Crippen molar-refractivity contribution in [1.29, 1.82) is 0 Å². The van der Waals surface area contributed by atoms with Gasteiger partial charge < -0.3 is 19.9 Å². The molecule has 0 atom stereocenters. The van der Waals surface area contributed by atoms with Crippen molar-refractivity contribution in [3.63, 3.8) is 0 Å². The van der Waals surface area contributed by atoms with Crippen LogP contribution in [-0.2, 0) is 4.74 Å². The number of halogens is 2. The summed E-state index contributed by atoms with van der Waals surface area (Å²) in [6, 6.07) is 6.11. The van der Waals surface area contributed by atoms with E-state index in [1.54, 1.807) is 7.11 Å². The summed E-state index contributed by atoms with van der Waals surface area (Å²) in [6.45, 7) is 7.85. The number of hydrogen-bond donors (Lipinski definition) is 1. The Morgan fingerprint density at radius 3 is 2.58 bits per heavy atom. The fourth-order valence-corrected chi connectivity index (χ4v) is 3.33. The van der Waals surface area contributed by atoms with Gasteiger partial charge in [-0.05, 0) is 43.9 Å². The molecule has 0 saturated carbocycles. The summed E-state index contributed by atoms with van der Waals surface area (Å²) in [5.74, 6) is 1.01. The first-order valence-electron chi connectivity index (χ1n) is 9.11. The number of rotatable bonds is 7. The maximum Gasteiger partial charge on any atom is 0.193 e. The van der Waals surface area contributed by atoms with Crippen molar-refractivity contribution in [2.45, 2.75) is 26.2 Å². The predicted molar refractivity (Wildman–Crippen MR) is 122 cm³/mol. The minimum absolute atomic E-state index is 0. The van der Waals surface area contributed by atoms with Crippen LogP contribution in [0.1, 0.15) is 24.8 Å². The van der Waals surface area contributed by atoms with E-state index >= 15 is 0 Å². The highest BCUT2D eigenvalue weighted by Crippen LogP contribution is 2.25. The van der Waals surface area contributed by atoms with Crippen molar-refractivity contribution in [2.75, 3.05) is 58.4 Å². The maximum atomic E-state index is 6.17. The number of anilines is 1. The Balaban J connectivity index is 0.00000338. The molecule has 0 radical (unpaired) electrons. The zero-order valence-electron chi connectivity index (χ0n) is 16.1. The molecule has 26 heavy (non-hydrogen) atoms. The van der Waals surface area contributed by atoms with Crippen LogP contribution in [0.3, 0.4) is 0 Å². The van der Waals surface area contributed by atoms with Crippen LogP contribution in [0.25, 0.3) is 0 Å². The van der Waals surface area contributed by atoms with E-state index in [0.717, 1.165) is 63.2 Å². The Morgan fingerprint density at radius 2 is 1.92 bits per heavy atom. The van der Waals surface area contributed by atoms with Gasteiger partial charge in [-0.25, -0.2) is 0 Å². The van der Waals surface area contributed by atoms with Crippen LogP contribution in [0.5, 0.6) is 0 Å². The highest BCUT2D eigenvalue weighted by molar-refractivity contribution is 14.0. The van der Waals surface area contributed by atoms with Crippen molar-refractivity contribution >= 4 is 47.2 Å². The van der Waals surface area contributed by atoms with Crippen LogP contribution in [0, 0.1) is 6.92 Å². The number of methoxy groups -OCH3 is 1. The third-order valence-electron chi connectivity index (χ3n) is 4.61. The van der Waals surface area contributed by atoms with Crippen LogP contribution >= 0.6 is 35.6 Å². The molecule has 0 aromatic heterocycles. The molecule has 1 aromatic carbocycles. The number of aliphatic imine (C=N–C) groups is 1. The monoisotopic (exact) mass is 494 g/mol. The Hall–Kier alpha value is -0.730. The quantitative estimate of drug-likeness (QED) is 0.271. The van der Waals surface area contributed by atoms with Gasteiger partial charge >= 0.3 is 0 Å². The molecule has 1 aromatic rings. The number of nitrogens with zero attached hydrogens (tertiary/aromatic N) is 3. The molecule has 1 saturated heterocycles. The topological polar surface area (TPSA) is 40.1 Å². The van der Waals surface area contributed by atoms with Crippen LogP contribution in [0.15, 0.2) is 23.2 Å². The van der Waals surface area contributed by atoms with Gasteiger partial charge in [0.1, 0.15) is 0 Å². The Morgan fingerprint density at radius 1 is 1.19 bits per heavy atom. The van der Waals surface area contributed by atoms with Gasteiger partial charge in [-0.15, -0.1) is 24.0 Å². The molecule has 1 N–H and O–H groups in total. The fourth-order valence-electron chi connectivity index (χ4n) is 3.16. The van der Waals surface area contributed by atoms with Gasteiger partial charge in [-0.2, -0.15) is 0 Å². The molecule has 1 aliphatic heterocycles. The minimum Gasteiger partial charge on any atom is -0.385 e. The van der Waals surface area contributed by atoms with E-state index in [2.05, 4.69) is 39.2 Å². The Bertz CT molecular complexity index is 562. The lowest BCUT2D eigenvalue weighted by molar-refractivity contribution is 0.192. The van der Waals surface area contributed by atoms with Crippen LogP contribution in [-0.4, -0.2) is 64.3 Å². The molecule has 0 bridgehead atoms.